The Morgan fingerprint density at radius 1 is 1.25 bits per heavy atom. The molecule has 0 spiro atoms. The number of hydrogen-bond acceptors (Lipinski definition) is 2. The molecule has 0 aliphatic heterocycles. The molecule has 0 saturated heterocycles. The van der Waals surface area contributed by atoms with Gasteiger partial charge in [-0.2, -0.15) is 0 Å². The van der Waals surface area contributed by atoms with Gasteiger partial charge in [0, 0.05) is 30.5 Å². The first-order valence-corrected chi connectivity index (χ1v) is 6.91. The highest BCUT2D eigenvalue weighted by molar-refractivity contribution is 5.90. The summed E-state index contributed by atoms with van der Waals surface area (Å²) in [6.45, 7) is 12.1. The number of halogens is 1. The van der Waals surface area contributed by atoms with E-state index < -0.39 is 0 Å². The first kappa shape index (κ1) is 18.6. The second-order valence-electron chi connectivity index (χ2n) is 4.92. The fourth-order valence-corrected chi connectivity index (χ4v) is 1.99. The highest BCUT2D eigenvalue weighted by Gasteiger charge is 2.08. The SMILES string of the molecule is CCN(CC)c1ccc(NC(=O)NC(C)C)c(C)c1.[Cl-]. The number of anilines is 2. The molecule has 0 aliphatic rings. The number of urea groups is 1. The van der Waals surface area contributed by atoms with Gasteiger partial charge in [-0.3, -0.25) is 0 Å². The maximum Gasteiger partial charge on any atom is 0.319 e. The van der Waals surface area contributed by atoms with Crippen LogP contribution in [0, 0.1) is 6.92 Å². The van der Waals surface area contributed by atoms with Gasteiger partial charge in [-0.15, -0.1) is 0 Å². The van der Waals surface area contributed by atoms with Gasteiger partial charge in [-0.05, 0) is 58.4 Å². The van der Waals surface area contributed by atoms with Gasteiger partial charge in [0.25, 0.3) is 0 Å². The van der Waals surface area contributed by atoms with Crippen molar-refractivity contribution in [1.82, 2.24) is 5.32 Å². The standard InChI is InChI=1S/C15H25N3O.ClH/c1-6-18(7-2)13-8-9-14(12(5)10-13)17-15(19)16-11(3)4;/h8-11H,6-7H2,1-5H3,(H2,16,17,19);1H/p-1. The van der Waals surface area contributed by atoms with Crippen LogP contribution in [0.5, 0.6) is 0 Å². The number of nitrogens with one attached hydrogen (secondary N) is 2. The largest absolute Gasteiger partial charge is 1.00 e. The van der Waals surface area contributed by atoms with Crippen LogP contribution >= 0.6 is 0 Å². The molecule has 1 aromatic carbocycles. The van der Waals surface area contributed by atoms with E-state index in [-0.39, 0.29) is 24.5 Å². The molecule has 0 fully saturated rings. The predicted molar refractivity (Wildman–Crippen MR) is 82.0 cm³/mol. The van der Waals surface area contributed by atoms with Gasteiger partial charge >= 0.3 is 6.03 Å². The zero-order chi connectivity index (χ0) is 14.4. The summed E-state index contributed by atoms with van der Waals surface area (Å²) in [4.78, 5) is 14.0. The molecule has 0 radical (unpaired) electrons. The molecule has 1 aromatic rings. The van der Waals surface area contributed by atoms with E-state index in [0.29, 0.717) is 0 Å². The molecule has 0 saturated carbocycles. The van der Waals surface area contributed by atoms with E-state index in [1.54, 1.807) is 0 Å². The molecule has 2 amide bonds. The Hall–Kier alpha value is -1.42. The lowest BCUT2D eigenvalue weighted by atomic mass is 10.1. The molecule has 0 aromatic heterocycles. The van der Waals surface area contributed by atoms with Crippen LogP contribution in [0.4, 0.5) is 16.2 Å². The zero-order valence-corrected chi connectivity index (χ0v) is 13.7. The van der Waals surface area contributed by atoms with E-state index in [1.165, 1.54) is 5.69 Å². The number of amides is 2. The minimum absolute atomic E-state index is 0. The molecular weight excluding hydrogens is 274 g/mol. The summed E-state index contributed by atoms with van der Waals surface area (Å²) in [5.74, 6) is 0. The van der Waals surface area contributed by atoms with Gasteiger partial charge in [0.2, 0.25) is 0 Å². The van der Waals surface area contributed by atoms with Crippen molar-refractivity contribution in [3.05, 3.63) is 23.8 Å². The first-order valence-electron chi connectivity index (χ1n) is 6.91. The van der Waals surface area contributed by atoms with Gasteiger partial charge in [-0.1, -0.05) is 0 Å². The summed E-state index contributed by atoms with van der Waals surface area (Å²) in [5, 5.41) is 5.69. The third-order valence-corrected chi connectivity index (χ3v) is 3.01. The number of nitrogens with zero attached hydrogens (tertiary/aromatic N) is 1. The maximum atomic E-state index is 11.7. The number of carbonyl (C=O) groups excluding carboxylic acids is 1. The summed E-state index contributed by atoms with van der Waals surface area (Å²) in [6.07, 6.45) is 0. The highest BCUT2D eigenvalue weighted by atomic mass is 35.5. The third-order valence-electron chi connectivity index (χ3n) is 3.01. The minimum Gasteiger partial charge on any atom is -1.00 e. The Kier molecular flexibility index (Phi) is 8.07. The number of benzene rings is 1. The fraction of sp³-hybridized carbons (Fsp3) is 0.533. The molecule has 114 valence electrons. The fourth-order valence-electron chi connectivity index (χ4n) is 1.99. The highest BCUT2D eigenvalue weighted by Crippen LogP contribution is 2.22. The van der Waals surface area contributed by atoms with Crippen LogP contribution in [0.25, 0.3) is 0 Å². The van der Waals surface area contributed by atoms with Crippen molar-refractivity contribution < 1.29 is 17.2 Å². The molecule has 4 nitrogen and oxygen atoms in total. The second-order valence-corrected chi connectivity index (χ2v) is 4.92. The molecule has 0 unspecified atom stereocenters. The van der Waals surface area contributed by atoms with Crippen molar-refractivity contribution in [3.63, 3.8) is 0 Å². The molecule has 2 N–H and O–H groups in total. The van der Waals surface area contributed by atoms with Crippen LogP contribution in [0.15, 0.2) is 18.2 Å². The van der Waals surface area contributed by atoms with Crippen molar-refractivity contribution >= 4 is 17.4 Å². The summed E-state index contributed by atoms with van der Waals surface area (Å²) >= 11 is 0. The average molecular weight is 299 g/mol. The van der Waals surface area contributed by atoms with Crippen LogP contribution in [0.2, 0.25) is 0 Å². The normalized spacial score (nSPS) is 9.90. The van der Waals surface area contributed by atoms with E-state index in [1.807, 2.05) is 32.9 Å². The van der Waals surface area contributed by atoms with Crippen LogP contribution in [-0.4, -0.2) is 25.2 Å². The average Bonchev–Trinajstić information content (AvgIpc) is 2.33. The lowest BCUT2D eigenvalue weighted by Gasteiger charge is -2.22. The maximum absolute atomic E-state index is 11.7. The summed E-state index contributed by atoms with van der Waals surface area (Å²) in [7, 11) is 0. The number of hydrogen-bond donors (Lipinski definition) is 2. The molecule has 0 heterocycles. The van der Waals surface area contributed by atoms with Gasteiger partial charge in [0.1, 0.15) is 0 Å². The van der Waals surface area contributed by atoms with Crippen LogP contribution in [0.1, 0.15) is 33.3 Å². The molecular formula is C15H25ClN3O-. The van der Waals surface area contributed by atoms with Gasteiger partial charge in [0.15, 0.2) is 0 Å². The topological polar surface area (TPSA) is 44.4 Å². The molecule has 0 atom stereocenters. The Bertz CT molecular complexity index is 431. The van der Waals surface area contributed by atoms with Crippen molar-refractivity contribution in [2.75, 3.05) is 23.3 Å². The summed E-state index contributed by atoms with van der Waals surface area (Å²) in [5.41, 5.74) is 3.12. The smallest absolute Gasteiger partial charge is 0.319 e. The Morgan fingerprint density at radius 2 is 1.85 bits per heavy atom. The van der Waals surface area contributed by atoms with Gasteiger partial charge < -0.3 is 27.9 Å². The van der Waals surface area contributed by atoms with Crippen molar-refractivity contribution in [3.8, 4) is 0 Å². The van der Waals surface area contributed by atoms with Crippen molar-refractivity contribution in [2.45, 2.75) is 40.7 Å². The number of carbonyl (C=O) groups is 1. The van der Waals surface area contributed by atoms with Crippen LogP contribution in [0.3, 0.4) is 0 Å². The second kappa shape index (κ2) is 8.69. The minimum atomic E-state index is -0.159. The monoisotopic (exact) mass is 298 g/mol. The lowest BCUT2D eigenvalue weighted by Crippen LogP contribution is -3.00. The van der Waals surface area contributed by atoms with Gasteiger partial charge in [-0.25, -0.2) is 4.79 Å². The molecule has 5 heteroatoms. The van der Waals surface area contributed by atoms with Crippen molar-refractivity contribution in [1.29, 1.82) is 0 Å². The zero-order valence-electron chi connectivity index (χ0n) is 13.0. The van der Waals surface area contributed by atoms with Gasteiger partial charge in [0.05, 0.1) is 0 Å². The van der Waals surface area contributed by atoms with E-state index in [2.05, 4.69) is 35.4 Å². The third kappa shape index (κ3) is 5.29. The Balaban J connectivity index is 0.00000361. The summed E-state index contributed by atoms with van der Waals surface area (Å²) in [6, 6.07) is 6.09. The molecule has 0 bridgehead atoms. The van der Waals surface area contributed by atoms with E-state index in [4.69, 9.17) is 0 Å². The first-order chi connectivity index (χ1) is 8.97. The molecule has 20 heavy (non-hydrogen) atoms. The van der Waals surface area contributed by atoms with E-state index in [9.17, 15) is 4.79 Å². The van der Waals surface area contributed by atoms with Crippen molar-refractivity contribution in [2.24, 2.45) is 0 Å². The number of rotatable bonds is 5. The summed E-state index contributed by atoms with van der Waals surface area (Å²) < 4.78 is 0. The van der Waals surface area contributed by atoms with Crippen LogP contribution in [-0.2, 0) is 0 Å². The number of aryl methyl sites for hydroxylation is 1. The predicted octanol–water partition coefficient (Wildman–Crippen LogP) is 0.375. The molecule has 1 rings (SSSR count). The Morgan fingerprint density at radius 3 is 2.30 bits per heavy atom. The lowest BCUT2D eigenvalue weighted by molar-refractivity contribution is -0.00000768. The Labute approximate surface area is 128 Å². The quantitative estimate of drug-likeness (QED) is 0.825. The van der Waals surface area contributed by atoms with E-state index >= 15 is 0 Å². The van der Waals surface area contributed by atoms with E-state index in [0.717, 1.165) is 24.3 Å². The van der Waals surface area contributed by atoms with Crippen LogP contribution < -0.4 is 27.9 Å². The molecule has 0 aliphatic carbocycles.